The molecule has 9 heteroatoms. The lowest BCUT2D eigenvalue weighted by Gasteiger charge is -2.26. The summed E-state index contributed by atoms with van der Waals surface area (Å²) in [5.41, 5.74) is -0.427. The molecule has 0 amide bonds. The second kappa shape index (κ2) is 10.2. The molecule has 5 rings (SSSR count). The number of hydrogen-bond donors (Lipinski definition) is 0. The Morgan fingerprint density at radius 3 is 2.00 bits per heavy atom. The molecule has 42 heavy (non-hydrogen) atoms. The topological polar surface area (TPSA) is 14.2 Å². The fraction of sp³-hybridized carbons (Fsp3) is 0.273. The van der Waals surface area contributed by atoms with Crippen LogP contribution in [0, 0.1) is 27.7 Å². The Morgan fingerprint density at radius 2 is 1.38 bits per heavy atom. The molecule has 0 saturated heterocycles. The van der Waals surface area contributed by atoms with Gasteiger partial charge in [0.25, 0.3) is 0 Å². The van der Waals surface area contributed by atoms with Crippen LogP contribution in [0.5, 0.6) is 5.75 Å². The van der Waals surface area contributed by atoms with E-state index in [9.17, 15) is 0 Å². The van der Waals surface area contributed by atoms with Crippen LogP contribution in [-0.4, -0.2) is 29.4 Å². The Kier molecular flexibility index (Phi) is 7.24. The summed E-state index contributed by atoms with van der Waals surface area (Å²) in [6.45, 7) is 6.42. The van der Waals surface area contributed by atoms with Crippen molar-refractivity contribution in [2.75, 3.05) is 7.11 Å². The third kappa shape index (κ3) is 4.32. The zero-order valence-electron chi connectivity index (χ0n) is 23.9. The van der Waals surface area contributed by atoms with E-state index in [4.69, 9.17) is 4.74 Å². The van der Waals surface area contributed by atoms with Gasteiger partial charge in [-0.2, -0.15) is 26.3 Å². The number of thiophene rings is 1. The fourth-order valence-corrected chi connectivity index (χ4v) is 6.66. The van der Waals surface area contributed by atoms with Crippen molar-refractivity contribution in [3.05, 3.63) is 97.9 Å². The maximum absolute atomic E-state index is 15.8. The Bertz CT molecular complexity index is 1790. The van der Waals surface area contributed by atoms with Gasteiger partial charge in [0.15, 0.2) is 0 Å². The summed E-state index contributed by atoms with van der Waals surface area (Å²) in [5.74, 6) is -15.7. The summed E-state index contributed by atoms with van der Waals surface area (Å²) in [7, 11) is 2.95. The SMILES string of the molecule is COc1ccc2c(c1)c(C1=C(c3c(C)sc(C=CC=Cc4ccc(C)cc4)c3C)C(F)(F)C(F)(F)C1(F)F)c(C)n2C. The van der Waals surface area contributed by atoms with Gasteiger partial charge in [0.05, 0.1) is 7.11 Å². The van der Waals surface area contributed by atoms with Crippen molar-refractivity contribution in [3.8, 4) is 5.75 Å². The maximum Gasteiger partial charge on any atom is 0.380 e. The number of nitrogens with zero attached hydrogens (tertiary/aromatic N) is 1. The first kappa shape index (κ1) is 29.8. The molecule has 0 atom stereocenters. The molecule has 0 spiro atoms. The molecule has 0 radical (unpaired) electrons. The van der Waals surface area contributed by atoms with Crippen LogP contribution in [0.1, 0.15) is 43.3 Å². The molecular formula is C33H29F6NOS. The summed E-state index contributed by atoms with van der Waals surface area (Å²) < 4.78 is 100. The lowest BCUT2D eigenvalue weighted by molar-refractivity contribution is -0.254. The van der Waals surface area contributed by atoms with Gasteiger partial charge in [-0.05, 0) is 63.1 Å². The number of halogens is 6. The van der Waals surface area contributed by atoms with Gasteiger partial charge in [0, 0.05) is 55.7 Å². The van der Waals surface area contributed by atoms with E-state index in [0.29, 0.717) is 10.4 Å². The third-order valence-corrected chi connectivity index (χ3v) is 9.12. The van der Waals surface area contributed by atoms with E-state index >= 15 is 26.3 Å². The highest BCUT2D eigenvalue weighted by Crippen LogP contribution is 2.66. The number of aryl methyl sites for hydroxylation is 3. The molecule has 0 aliphatic heterocycles. The summed E-state index contributed by atoms with van der Waals surface area (Å²) in [4.78, 5) is 0.749. The normalized spacial score (nSPS) is 17.8. The van der Waals surface area contributed by atoms with E-state index in [0.717, 1.165) is 22.5 Å². The van der Waals surface area contributed by atoms with Crippen LogP contribution in [0.3, 0.4) is 0 Å². The molecule has 1 aliphatic rings. The molecule has 0 fully saturated rings. The second-order valence-electron chi connectivity index (χ2n) is 10.5. The number of aromatic nitrogens is 1. The first-order valence-corrected chi connectivity index (χ1v) is 14.0. The summed E-state index contributed by atoms with van der Waals surface area (Å²) in [5, 5.41) is 0.127. The molecule has 1 aliphatic carbocycles. The Hall–Kier alpha value is -3.72. The van der Waals surface area contributed by atoms with Gasteiger partial charge >= 0.3 is 17.8 Å². The van der Waals surface area contributed by atoms with Crippen molar-refractivity contribution < 1.29 is 31.1 Å². The van der Waals surface area contributed by atoms with E-state index < -0.39 is 28.9 Å². The predicted octanol–water partition coefficient (Wildman–Crippen LogP) is 10.0. The first-order chi connectivity index (χ1) is 19.6. The molecule has 2 aromatic heterocycles. The van der Waals surface area contributed by atoms with Crippen LogP contribution >= 0.6 is 11.3 Å². The maximum atomic E-state index is 15.8. The molecule has 2 nitrogen and oxygen atoms in total. The molecule has 0 saturated carbocycles. The van der Waals surface area contributed by atoms with Gasteiger partial charge in [-0.3, -0.25) is 0 Å². The standard InChI is InChI=1S/C33H29F6NOS/c1-18-11-13-22(14-12-18)9-7-8-10-26-19(2)27(21(4)42-26)29-30(32(36,37)33(38,39)31(29,34)35)28-20(3)40(5)25-16-15-23(41-6)17-24(25)28/h7-17H,1-6H3. The van der Waals surface area contributed by atoms with Gasteiger partial charge in [-0.25, -0.2) is 0 Å². The van der Waals surface area contributed by atoms with Gasteiger partial charge in [-0.15, -0.1) is 11.3 Å². The first-order valence-electron chi connectivity index (χ1n) is 13.2. The molecule has 220 valence electrons. The van der Waals surface area contributed by atoms with Gasteiger partial charge in [-0.1, -0.05) is 48.1 Å². The molecule has 0 N–H and O–H groups in total. The Morgan fingerprint density at radius 1 is 0.786 bits per heavy atom. The molecule has 2 aromatic carbocycles. The lowest BCUT2D eigenvalue weighted by atomic mass is 9.91. The zero-order chi connectivity index (χ0) is 30.8. The zero-order valence-corrected chi connectivity index (χ0v) is 24.7. The molecular weight excluding hydrogens is 572 g/mol. The summed E-state index contributed by atoms with van der Waals surface area (Å²) >= 11 is 1.09. The van der Waals surface area contributed by atoms with Crippen LogP contribution in [0.2, 0.25) is 0 Å². The quantitative estimate of drug-likeness (QED) is 0.158. The number of allylic oxidation sites excluding steroid dienone is 4. The molecule has 0 unspecified atom stereocenters. The Labute approximate surface area is 244 Å². The second-order valence-corrected chi connectivity index (χ2v) is 11.8. The van der Waals surface area contributed by atoms with Crippen molar-refractivity contribution in [1.29, 1.82) is 0 Å². The minimum Gasteiger partial charge on any atom is -0.497 e. The van der Waals surface area contributed by atoms with E-state index in [1.807, 2.05) is 37.3 Å². The average Bonchev–Trinajstić information content (AvgIpc) is 3.39. The van der Waals surface area contributed by atoms with Crippen LogP contribution in [0.25, 0.3) is 34.2 Å². The van der Waals surface area contributed by atoms with Crippen molar-refractivity contribution in [3.63, 3.8) is 0 Å². The number of rotatable bonds is 6. The minimum atomic E-state index is -5.65. The molecule has 2 heterocycles. The smallest absolute Gasteiger partial charge is 0.380 e. The van der Waals surface area contributed by atoms with Gasteiger partial charge in [0.1, 0.15) is 5.75 Å². The van der Waals surface area contributed by atoms with Crippen LogP contribution in [-0.2, 0) is 7.05 Å². The van der Waals surface area contributed by atoms with Crippen LogP contribution in [0.4, 0.5) is 26.3 Å². The summed E-state index contributed by atoms with van der Waals surface area (Å²) in [6.07, 6.45) is 6.99. The Balaban J connectivity index is 1.73. The van der Waals surface area contributed by atoms with Crippen molar-refractivity contribution in [1.82, 2.24) is 4.57 Å². The van der Waals surface area contributed by atoms with E-state index in [-0.39, 0.29) is 38.4 Å². The monoisotopic (exact) mass is 601 g/mol. The van der Waals surface area contributed by atoms with Crippen molar-refractivity contribution in [2.24, 2.45) is 7.05 Å². The van der Waals surface area contributed by atoms with Gasteiger partial charge < -0.3 is 9.30 Å². The highest BCUT2D eigenvalue weighted by molar-refractivity contribution is 7.13. The van der Waals surface area contributed by atoms with Crippen molar-refractivity contribution in [2.45, 2.75) is 45.5 Å². The number of fused-ring (bicyclic) bond motifs is 1. The lowest BCUT2D eigenvalue weighted by Crippen LogP contribution is -2.49. The van der Waals surface area contributed by atoms with Crippen LogP contribution < -0.4 is 4.74 Å². The van der Waals surface area contributed by atoms with E-state index in [1.165, 1.54) is 38.5 Å². The minimum absolute atomic E-state index is 0.127. The number of methoxy groups -OCH3 is 1. The van der Waals surface area contributed by atoms with Crippen molar-refractivity contribution >= 4 is 45.5 Å². The largest absolute Gasteiger partial charge is 0.497 e. The number of benzene rings is 2. The molecule has 0 bridgehead atoms. The average molecular weight is 602 g/mol. The van der Waals surface area contributed by atoms with Gasteiger partial charge in [0.2, 0.25) is 0 Å². The number of ether oxygens (including phenoxy) is 1. The van der Waals surface area contributed by atoms with E-state index in [1.54, 1.807) is 37.4 Å². The highest BCUT2D eigenvalue weighted by Gasteiger charge is 2.80. The third-order valence-electron chi connectivity index (χ3n) is 7.95. The number of hydrogen-bond acceptors (Lipinski definition) is 2. The van der Waals surface area contributed by atoms with Crippen LogP contribution in [0.15, 0.2) is 54.6 Å². The van der Waals surface area contributed by atoms with E-state index in [2.05, 4.69) is 0 Å². The molecule has 4 aromatic rings. The number of alkyl halides is 6. The predicted molar refractivity (Wildman–Crippen MR) is 159 cm³/mol. The summed E-state index contributed by atoms with van der Waals surface area (Å²) in [6, 6.07) is 12.4. The highest BCUT2D eigenvalue weighted by atomic mass is 32.1. The fourth-order valence-electron chi connectivity index (χ4n) is 5.57.